The summed E-state index contributed by atoms with van der Waals surface area (Å²) in [6.45, 7) is 14.1. The Balaban J connectivity index is 2.57. The molecule has 0 spiro atoms. The summed E-state index contributed by atoms with van der Waals surface area (Å²) in [6, 6.07) is 7.34. The maximum absolute atomic E-state index is 13.0. The van der Waals surface area contributed by atoms with Crippen LogP contribution in [0.4, 0.5) is 5.69 Å². The number of ketones is 1. The molecule has 174 valence electrons. The molecule has 1 aromatic rings. The SMILES string of the molecule is C=CCOC(=O)C1C(=O)CC(C)(O)C(C(=O)OCC=C)C1c1ccc(N(CC)CC)cc1. The van der Waals surface area contributed by atoms with Gasteiger partial charge in [0, 0.05) is 31.1 Å². The van der Waals surface area contributed by atoms with Crippen molar-refractivity contribution in [3.63, 3.8) is 0 Å². The third kappa shape index (κ3) is 5.46. The van der Waals surface area contributed by atoms with E-state index in [1.807, 2.05) is 26.0 Å². The van der Waals surface area contributed by atoms with Crippen molar-refractivity contribution >= 4 is 23.4 Å². The van der Waals surface area contributed by atoms with Gasteiger partial charge in [0.05, 0.1) is 11.5 Å². The van der Waals surface area contributed by atoms with Gasteiger partial charge in [-0.1, -0.05) is 37.4 Å². The number of Topliss-reactive ketones (excluding diaryl/α,β-unsaturated/α-hetero) is 1. The van der Waals surface area contributed by atoms with Gasteiger partial charge in [-0.2, -0.15) is 0 Å². The van der Waals surface area contributed by atoms with E-state index in [2.05, 4.69) is 18.1 Å². The van der Waals surface area contributed by atoms with Gasteiger partial charge in [0.25, 0.3) is 0 Å². The monoisotopic (exact) mass is 443 g/mol. The highest BCUT2D eigenvalue weighted by Crippen LogP contribution is 2.47. The van der Waals surface area contributed by atoms with Crippen molar-refractivity contribution in [2.75, 3.05) is 31.2 Å². The predicted molar refractivity (Wildman–Crippen MR) is 122 cm³/mol. The number of esters is 2. The van der Waals surface area contributed by atoms with Crippen molar-refractivity contribution in [2.45, 2.75) is 38.7 Å². The standard InChI is InChI=1S/C25H33NO6/c1-6-14-31-23(28)21-19(27)16-25(5,30)22(24(29)32-15-7-2)20(21)17-10-12-18(13-11-17)26(8-3)9-4/h6-7,10-13,20-22,30H,1-2,8-9,14-16H2,3-5H3. The summed E-state index contributed by atoms with van der Waals surface area (Å²) >= 11 is 0. The predicted octanol–water partition coefficient (Wildman–Crippen LogP) is 3.03. The van der Waals surface area contributed by atoms with Gasteiger partial charge < -0.3 is 19.5 Å². The average molecular weight is 444 g/mol. The quantitative estimate of drug-likeness (QED) is 0.337. The van der Waals surface area contributed by atoms with Gasteiger partial charge in [0.15, 0.2) is 5.78 Å². The van der Waals surface area contributed by atoms with Gasteiger partial charge in [0.1, 0.15) is 19.1 Å². The third-order valence-electron chi connectivity index (χ3n) is 5.87. The van der Waals surface area contributed by atoms with Crippen molar-refractivity contribution in [3.05, 3.63) is 55.1 Å². The molecule has 7 heteroatoms. The van der Waals surface area contributed by atoms with E-state index in [9.17, 15) is 19.5 Å². The Morgan fingerprint density at radius 1 is 1.09 bits per heavy atom. The molecule has 32 heavy (non-hydrogen) atoms. The fourth-order valence-corrected chi connectivity index (χ4v) is 4.37. The summed E-state index contributed by atoms with van der Waals surface area (Å²) in [7, 11) is 0. The van der Waals surface area contributed by atoms with E-state index in [4.69, 9.17) is 9.47 Å². The number of ether oxygens (including phenoxy) is 2. The summed E-state index contributed by atoms with van der Waals surface area (Å²) < 4.78 is 10.4. The van der Waals surface area contributed by atoms with Gasteiger partial charge in [-0.25, -0.2) is 0 Å². The van der Waals surface area contributed by atoms with Crippen LogP contribution >= 0.6 is 0 Å². The van der Waals surface area contributed by atoms with Crippen molar-refractivity contribution in [3.8, 4) is 0 Å². The Labute approximate surface area is 189 Å². The molecule has 0 amide bonds. The molecule has 4 atom stereocenters. The Morgan fingerprint density at radius 2 is 1.62 bits per heavy atom. The van der Waals surface area contributed by atoms with Gasteiger partial charge in [-0.3, -0.25) is 14.4 Å². The molecule has 0 aliphatic heterocycles. The lowest BCUT2D eigenvalue weighted by Gasteiger charge is -2.43. The largest absolute Gasteiger partial charge is 0.461 e. The molecule has 1 aliphatic rings. The molecule has 0 heterocycles. The fourth-order valence-electron chi connectivity index (χ4n) is 4.37. The first-order valence-electron chi connectivity index (χ1n) is 10.9. The van der Waals surface area contributed by atoms with Gasteiger partial charge >= 0.3 is 11.9 Å². The van der Waals surface area contributed by atoms with Crippen LogP contribution in [0.3, 0.4) is 0 Å². The van der Waals surface area contributed by atoms with Gasteiger partial charge in [-0.05, 0) is 38.5 Å². The highest BCUT2D eigenvalue weighted by molar-refractivity contribution is 6.02. The molecular formula is C25H33NO6. The smallest absolute Gasteiger partial charge is 0.317 e. The lowest BCUT2D eigenvalue weighted by Crippen LogP contribution is -2.55. The van der Waals surface area contributed by atoms with Crippen molar-refractivity contribution in [1.82, 2.24) is 0 Å². The van der Waals surface area contributed by atoms with E-state index >= 15 is 0 Å². The van der Waals surface area contributed by atoms with Crippen LogP contribution in [0.1, 0.15) is 38.7 Å². The zero-order valence-corrected chi connectivity index (χ0v) is 19.1. The second-order valence-electron chi connectivity index (χ2n) is 8.08. The first kappa shape index (κ1) is 25.3. The van der Waals surface area contributed by atoms with Gasteiger partial charge in [0.2, 0.25) is 0 Å². The lowest BCUT2D eigenvalue weighted by atomic mass is 9.61. The van der Waals surface area contributed by atoms with Crippen LogP contribution in [-0.2, 0) is 23.9 Å². The molecule has 0 saturated heterocycles. The number of rotatable bonds is 10. The van der Waals surface area contributed by atoms with Crippen LogP contribution < -0.4 is 4.90 Å². The molecule has 0 radical (unpaired) electrons. The second kappa shape index (κ2) is 11.1. The van der Waals surface area contributed by atoms with Crippen LogP contribution in [0.2, 0.25) is 0 Å². The minimum atomic E-state index is -1.69. The van der Waals surface area contributed by atoms with Crippen molar-refractivity contribution < 1.29 is 29.0 Å². The molecule has 1 saturated carbocycles. The molecule has 4 unspecified atom stereocenters. The van der Waals surface area contributed by atoms with E-state index < -0.39 is 41.1 Å². The molecule has 1 fully saturated rings. The van der Waals surface area contributed by atoms with Crippen LogP contribution in [0, 0.1) is 11.8 Å². The summed E-state index contributed by atoms with van der Waals surface area (Å²) in [4.78, 5) is 41.0. The van der Waals surface area contributed by atoms with E-state index in [0.29, 0.717) is 5.56 Å². The van der Waals surface area contributed by atoms with E-state index in [-0.39, 0.29) is 19.6 Å². The number of hydrogen-bond donors (Lipinski definition) is 1. The van der Waals surface area contributed by atoms with E-state index in [1.165, 1.54) is 19.1 Å². The minimum absolute atomic E-state index is 0.0431. The second-order valence-corrected chi connectivity index (χ2v) is 8.08. The average Bonchev–Trinajstić information content (AvgIpc) is 2.76. The molecule has 0 aromatic heterocycles. The highest BCUT2D eigenvalue weighted by Gasteiger charge is 2.57. The van der Waals surface area contributed by atoms with Crippen molar-refractivity contribution in [1.29, 1.82) is 0 Å². The third-order valence-corrected chi connectivity index (χ3v) is 5.87. The Kier molecular flexibility index (Phi) is 8.78. The molecule has 1 aromatic carbocycles. The molecule has 7 nitrogen and oxygen atoms in total. The number of nitrogens with zero attached hydrogens (tertiary/aromatic N) is 1. The molecular weight excluding hydrogens is 410 g/mol. The zero-order valence-electron chi connectivity index (χ0n) is 19.1. The maximum atomic E-state index is 13.0. The van der Waals surface area contributed by atoms with Crippen LogP contribution in [-0.4, -0.2) is 54.7 Å². The number of carbonyl (C=O) groups is 3. The Morgan fingerprint density at radius 3 is 2.12 bits per heavy atom. The number of carbonyl (C=O) groups excluding carboxylic acids is 3. The highest BCUT2D eigenvalue weighted by atomic mass is 16.5. The fraction of sp³-hybridized carbons (Fsp3) is 0.480. The van der Waals surface area contributed by atoms with Crippen molar-refractivity contribution in [2.24, 2.45) is 11.8 Å². The number of benzene rings is 1. The summed E-state index contributed by atoms with van der Waals surface area (Å²) in [5.41, 5.74) is -0.133. The Bertz CT molecular complexity index is 840. The summed E-state index contributed by atoms with van der Waals surface area (Å²) in [6.07, 6.45) is 2.47. The first-order valence-corrected chi connectivity index (χ1v) is 10.9. The van der Waals surface area contributed by atoms with Crippen LogP contribution in [0.25, 0.3) is 0 Å². The lowest BCUT2D eigenvalue weighted by molar-refractivity contribution is -0.171. The number of hydrogen-bond acceptors (Lipinski definition) is 7. The van der Waals surface area contributed by atoms with Crippen LogP contribution in [0.5, 0.6) is 0 Å². The van der Waals surface area contributed by atoms with E-state index in [1.54, 1.807) is 12.1 Å². The zero-order chi connectivity index (χ0) is 23.9. The Hall–Kier alpha value is -2.93. The van der Waals surface area contributed by atoms with Gasteiger partial charge in [-0.15, -0.1) is 0 Å². The number of aliphatic hydroxyl groups is 1. The first-order chi connectivity index (χ1) is 15.2. The minimum Gasteiger partial charge on any atom is -0.461 e. The molecule has 1 aliphatic carbocycles. The topological polar surface area (TPSA) is 93.1 Å². The maximum Gasteiger partial charge on any atom is 0.317 e. The summed E-state index contributed by atoms with van der Waals surface area (Å²) in [5.74, 6) is -5.23. The molecule has 2 rings (SSSR count). The van der Waals surface area contributed by atoms with E-state index in [0.717, 1.165) is 18.8 Å². The molecule has 0 bridgehead atoms. The normalized spacial score (nSPS) is 25.0. The number of anilines is 1. The molecule has 1 N–H and O–H groups in total. The van der Waals surface area contributed by atoms with Crippen LogP contribution in [0.15, 0.2) is 49.6 Å². The summed E-state index contributed by atoms with van der Waals surface area (Å²) in [5, 5.41) is 11.1.